The zero-order chi connectivity index (χ0) is 26.7. The van der Waals surface area contributed by atoms with Crippen molar-refractivity contribution in [2.45, 2.75) is 37.7 Å². The zero-order valence-corrected chi connectivity index (χ0v) is 22.0. The second-order valence-electron chi connectivity index (χ2n) is 9.29. The molecule has 3 aromatic carbocycles. The third-order valence-electron chi connectivity index (χ3n) is 6.43. The third-order valence-corrected chi connectivity index (χ3v) is 8.00. The summed E-state index contributed by atoms with van der Waals surface area (Å²) in [4.78, 5) is 11.5. The lowest BCUT2D eigenvalue weighted by molar-refractivity contribution is -0.114. The molecule has 0 saturated carbocycles. The van der Waals surface area contributed by atoms with E-state index in [0.717, 1.165) is 29.3 Å². The zero-order valence-electron chi connectivity index (χ0n) is 21.2. The van der Waals surface area contributed by atoms with Gasteiger partial charge in [0.1, 0.15) is 5.69 Å². The van der Waals surface area contributed by atoms with Crippen molar-refractivity contribution >= 4 is 43.9 Å². The van der Waals surface area contributed by atoms with Gasteiger partial charge in [-0.3, -0.25) is 4.79 Å². The Bertz CT molecular complexity index is 1580. The molecule has 1 atom stereocenters. The second kappa shape index (κ2) is 10.9. The van der Waals surface area contributed by atoms with Crippen molar-refractivity contribution in [2.24, 2.45) is 0 Å². The van der Waals surface area contributed by atoms with E-state index in [4.69, 9.17) is 4.74 Å². The van der Waals surface area contributed by atoms with Gasteiger partial charge >= 0.3 is 0 Å². The second-order valence-corrected chi connectivity index (χ2v) is 11.0. The normalized spacial score (nSPS) is 15.5. The van der Waals surface area contributed by atoms with Crippen LogP contribution >= 0.6 is 0 Å². The quantitative estimate of drug-likeness (QED) is 0.299. The number of ether oxygens (including phenoxy) is 1. The van der Waals surface area contributed by atoms with Crippen molar-refractivity contribution in [1.29, 1.82) is 0 Å². The van der Waals surface area contributed by atoms with Crippen LogP contribution in [0.15, 0.2) is 71.6 Å². The summed E-state index contributed by atoms with van der Waals surface area (Å²) in [6.45, 7) is 4.16. The van der Waals surface area contributed by atoms with Crippen LogP contribution in [0.5, 0.6) is 0 Å². The fourth-order valence-electron chi connectivity index (χ4n) is 4.51. The maximum absolute atomic E-state index is 13.2. The smallest absolute Gasteiger partial charge is 0.240 e. The fourth-order valence-corrected chi connectivity index (χ4v) is 5.84. The van der Waals surface area contributed by atoms with E-state index in [1.54, 1.807) is 31.2 Å². The standard InChI is InChI=1S/C28H29N5O4S/c1-18-9-10-20(16-26(18)38(35,36)29-17-23-6-5-15-37-23)27-24-7-3-4-8-25(24)28(33-32-27)31-22-13-11-21(12-14-22)30-19(2)34/h3-4,7-14,16,23,29H,5-6,15,17H2,1-2H3,(H,30,34)(H,31,33). The lowest BCUT2D eigenvalue weighted by Gasteiger charge is -2.15. The molecule has 0 spiro atoms. The number of anilines is 3. The summed E-state index contributed by atoms with van der Waals surface area (Å²) < 4.78 is 34.6. The topological polar surface area (TPSA) is 122 Å². The number of amides is 1. The van der Waals surface area contributed by atoms with E-state index in [2.05, 4.69) is 25.6 Å². The van der Waals surface area contributed by atoms with Gasteiger partial charge in [-0.1, -0.05) is 36.4 Å². The monoisotopic (exact) mass is 531 g/mol. The first-order valence-electron chi connectivity index (χ1n) is 12.4. The highest BCUT2D eigenvalue weighted by Gasteiger charge is 2.23. The Morgan fingerprint density at radius 3 is 2.45 bits per heavy atom. The highest BCUT2D eigenvalue weighted by atomic mass is 32.2. The average molecular weight is 532 g/mol. The van der Waals surface area contributed by atoms with Crippen LogP contribution in [0.3, 0.4) is 0 Å². The lowest BCUT2D eigenvalue weighted by atomic mass is 10.0. The first kappa shape index (κ1) is 25.8. The van der Waals surface area contributed by atoms with Gasteiger partial charge in [-0.05, 0) is 55.7 Å². The predicted octanol–water partition coefficient (Wildman–Crippen LogP) is 4.76. The molecule has 2 heterocycles. The van der Waals surface area contributed by atoms with Crippen LogP contribution in [0.1, 0.15) is 25.3 Å². The Kier molecular flexibility index (Phi) is 7.37. The van der Waals surface area contributed by atoms with Crippen LogP contribution in [0.4, 0.5) is 17.2 Å². The average Bonchev–Trinajstić information content (AvgIpc) is 3.43. The molecule has 9 nitrogen and oxygen atoms in total. The first-order valence-corrected chi connectivity index (χ1v) is 13.9. The number of benzene rings is 3. The van der Waals surface area contributed by atoms with Gasteiger partial charge < -0.3 is 15.4 Å². The van der Waals surface area contributed by atoms with Crippen molar-refractivity contribution in [2.75, 3.05) is 23.8 Å². The molecule has 0 aliphatic carbocycles. The molecule has 196 valence electrons. The maximum atomic E-state index is 13.2. The van der Waals surface area contributed by atoms with Crippen molar-refractivity contribution in [3.05, 3.63) is 72.3 Å². The van der Waals surface area contributed by atoms with Gasteiger partial charge in [0.05, 0.1) is 11.0 Å². The highest BCUT2D eigenvalue weighted by Crippen LogP contribution is 2.33. The maximum Gasteiger partial charge on any atom is 0.240 e. The van der Waals surface area contributed by atoms with Crippen molar-refractivity contribution < 1.29 is 17.9 Å². The molecule has 1 saturated heterocycles. The van der Waals surface area contributed by atoms with Crippen molar-refractivity contribution in [1.82, 2.24) is 14.9 Å². The third kappa shape index (κ3) is 5.67. The Balaban J connectivity index is 1.45. The first-order chi connectivity index (χ1) is 18.3. The molecule has 1 fully saturated rings. The van der Waals surface area contributed by atoms with Crippen LogP contribution in [0.2, 0.25) is 0 Å². The van der Waals surface area contributed by atoms with E-state index in [0.29, 0.717) is 34.9 Å². The van der Waals surface area contributed by atoms with E-state index < -0.39 is 10.0 Å². The van der Waals surface area contributed by atoms with Crippen LogP contribution in [-0.4, -0.2) is 43.8 Å². The molecule has 3 N–H and O–H groups in total. The number of aryl methyl sites for hydroxylation is 1. The fraction of sp³-hybridized carbons (Fsp3) is 0.250. The number of aromatic nitrogens is 2. The number of sulfonamides is 1. The van der Waals surface area contributed by atoms with Gasteiger partial charge in [-0.25, -0.2) is 13.1 Å². The number of hydrogen-bond donors (Lipinski definition) is 3. The molecule has 0 bridgehead atoms. The number of rotatable bonds is 8. The lowest BCUT2D eigenvalue weighted by Crippen LogP contribution is -2.32. The van der Waals surface area contributed by atoms with Gasteiger partial charge in [-0.2, -0.15) is 0 Å². The highest BCUT2D eigenvalue weighted by molar-refractivity contribution is 7.89. The molecule has 1 amide bonds. The number of carbonyl (C=O) groups excluding carboxylic acids is 1. The van der Waals surface area contributed by atoms with Crippen molar-refractivity contribution in [3.63, 3.8) is 0 Å². The van der Waals surface area contributed by atoms with Crippen LogP contribution < -0.4 is 15.4 Å². The SMILES string of the molecule is CC(=O)Nc1ccc(Nc2nnc(-c3ccc(C)c(S(=O)(=O)NCC4CCCO4)c3)c3ccccc23)cc1. The largest absolute Gasteiger partial charge is 0.377 e. The van der Waals surface area contributed by atoms with Gasteiger partial charge in [-0.15, -0.1) is 10.2 Å². The molecule has 4 aromatic rings. The Morgan fingerprint density at radius 2 is 1.74 bits per heavy atom. The Hall–Kier alpha value is -3.86. The molecule has 5 rings (SSSR count). The van der Waals surface area contributed by atoms with E-state index in [9.17, 15) is 13.2 Å². The molecule has 10 heteroatoms. The molecular formula is C28H29N5O4S. The van der Waals surface area contributed by atoms with Gasteiger partial charge in [0.2, 0.25) is 15.9 Å². The molecular weight excluding hydrogens is 502 g/mol. The molecule has 0 radical (unpaired) electrons. The summed E-state index contributed by atoms with van der Waals surface area (Å²) >= 11 is 0. The summed E-state index contributed by atoms with van der Waals surface area (Å²) in [6, 6.07) is 20.3. The molecule has 1 aliphatic heterocycles. The van der Waals surface area contributed by atoms with Crippen molar-refractivity contribution in [3.8, 4) is 11.3 Å². The van der Waals surface area contributed by atoms with Gasteiger partial charge in [0.25, 0.3) is 0 Å². The Morgan fingerprint density at radius 1 is 1.00 bits per heavy atom. The molecule has 1 aromatic heterocycles. The predicted molar refractivity (Wildman–Crippen MR) is 148 cm³/mol. The van der Waals surface area contributed by atoms with Crippen LogP contribution in [0, 0.1) is 6.92 Å². The van der Waals surface area contributed by atoms with E-state index >= 15 is 0 Å². The van der Waals surface area contributed by atoms with Gasteiger partial charge in [0.15, 0.2) is 5.82 Å². The molecule has 1 aliphatic rings. The number of nitrogens with one attached hydrogen (secondary N) is 3. The summed E-state index contributed by atoms with van der Waals surface area (Å²) in [5.41, 5.74) is 3.37. The van der Waals surface area contributed by atoms with Crippen LogP contribution in [-0.2, 0) is 19.6 Å². The number of nitrogens with zero attached hydrogens (tertiary/aromatic N) is 2. The van der Waals surface area contributed by atoms with E-state index in [1.165, 1.54) is 6.92 Å². The summed E-state index contributed by atoms with van der Waals surface area (Å²) in [6.07, 6.45) is 1.70. The summed E-state index contributed by atoms with van der Waals surface area (Å²) in [5, 5.41) is 16.6. The Labute approximate surface area is 221 Å². The van der Waals surface area contributed by atoms with E-state index in [-0.39, 0.29) is 23.5 Å². The molecule has 38 heavy (non-hydrogen) atoms. The van der Waals surface area contributed by atoms with Crippen LogP contribution in [0.25, 0.3) is 22.0 Å². The minimum absolute atomic E-state index is 0.0929. The number of hydrogen-bond acceptors (Lipinski definition) is 7. The minimum Gasteiger partial charge on any atom is -0.377 e. The number of carbonyl (C=O) groups is 1. The van der Waals surface area contributed by atoms with E-state index in [1.807, 2.05) is 42.5 Å². The minimum atomic E-state index is -3.74. The summed E-state index contributed by atoms with van der Waals surface area (Å²) in [5.74, 6) is 0.429. The summed E-state index contributed by atoms with van der Waals surface area (Å²) in [7, 11) is -3.74. The van der Waals surface area contributed by atoms with Gasteiger partial charge in [0, 0.05) is 47.8 Å². The molecule has 1 unspecified atom stereocenters. The number of fused-ring (bicyclic) bond motifs is 1.